The van der Waals surface area contributed by atoms with Crippen LogP contribution in [0.3, 0.4) is 0 Å². The summed E-state index contributed by atoms with van der Waals surface area (Å²) in [6.45, 7) is 2.21. The summed E-state index contributed by atoms with van der Waals surface area (Å²) < 4.78 is 0. The summed E-state index contributed by atoms with van der Waals surface area (Å²) in [6, 6.07) is 6.39. The van der Waals surface area contributed by atoms with Crippen LogP contribution in [0.15, 0.2) is 18.2 Å². The molecule has 2 nitrogen and oxygen atoms in total. The average molecular weight is 205 g/mol. The number of nitrogens with one attached hydrogen (secondary N) is 1. The second-order valence-corrected chi connectivity index (χ2v) is 4.42. The van der Waals surface area contributed by atoms with Crippen LogP contribution in [-0.4, -0.2) is 18.2 Å². The molecule has 2 heteroatoms. The van der Waals surface area contributed by atoms with Gasteiger partial charge in [0, 0.05) is 6.04 Å². The predicted octanol–water partition coefficient (Wildman–Crippen LogP) is 2.42. The lowest BCUT2D eigenvalue weighted by Crippen LogP contribution is -2.31. The average Bonchev–Trinajstić information content (AvgIpc) is 2.28. The molecule has 2 unspecified atom stereocenters. The molecule has 82 valence electrons. The zero-order valence-corrected chi connectivity index (χ0v) is 9.46. The van der Waals surface area contributed by atoms with E-state index in [0.717, 1.165) is 12.0 Å². The topological polar surface area (TPSA) is 32.3 Å². The second kappa shape index (κ2) is 4.23. The van der Waals surface area contributed by atoms with E-state index in [1.54, 1.807) is 6.07 Å². The van der Waals surface area contributed by atoms with E-state index in [1.165, 1.54) is 18.4 Å². The summed E-state index contributed by atoms with van der Waals surface area (Å²) in [6.07, 6.45) is 3.43. The molecule has 0 aliphatic heterocycles. The highest BCUT2D eigenvalue weighted by atomic mass is 16.3. The van der Waals surface area contributed by atoms with E-state index in [0.29, 0.717) is 17.7 Å². The number of fused-ring (bicyclic) bond motifs is 1. The third kappa shape index (κ3) is 1.86. The van der Waals surface area contributed by atoms with Crippen molar-refractivity contribution in [1.82, 2.24) is 5.32 Å². The Balaban J connectivity index is 2.38. The molecule has 0 spiro atoms. The first-order valence-corrected chi connectivity index (χ1v) is 5.72. The largest absolute Gasteiger partial charge is 0.508 e. The van der Waals surface area contributed by atoms with Gasteiger partial charge in [0.05, 0.1) is 0 Å². The van der Waals surface area contributed by atoms with Crippen molar-refractivity contribution in [1.29, 1.82) is 0 Å². The van der Waals surface area contributed by atoms with E-state index in [4.69, 9.17) is 0 Å². The summed E-state index contributed by atoms with van der Waals surface area (Å²) in [5.41, 5.74) is 2.50. The highest BCUT2D eigenvalue weighted by Crippen LogP contribution is 2.37. The SMILES string of the molecule is CNC(C)C1CCCc2c(O)cccc21. The van der Waals surface area contributed by atoms with Crippen molar-refractivity contribution >= 4 is 0 Å². The van der Waals surface area contributed by atoms with Crippen molar-refractivity contribution in [2.45, 2.75) is 38.1 Å². The maximum absolute atomic E-state index is 9.81. The number of likely N-dealkylation sites (N-methyl/N-ethyl adjacent to an activating group) is 1. The third-order valence-corrected chi connectivity index (χ3v) is 3.59. The summed E-state index contributed by atoms with van der Waals surface area (Å²) >= 11 is 0. The Labute approximate surface area is 91.3 Å². The van der Waals surface area contributed by atoms with Crippen LogP contribution in [0.25, 0.3) is 0 Å². The Morgan fingerprint density at radius 1 is 1.47 bits per heavy atom. The number of benzene rings is 1. The van der Waals surface area contributed by atoms with Gasteiger partial charge in [0.25, 0.3) is 0 Å². The van der Waals surface area contributed by atoms with Crippen molar-refractivity contribution < 1.29 is 5.11 Å². The monoisotopic (exact) mass is 205 g/mol. The molecule has 0 heterocycles. The van der Waals surface area contributed by atoms with Crippen LogP contribution >= 0.6 is 0 Å². The minimum Gasteiger partial charge on any atom is -0.508 e. The first kappa shape index (κ1) is 10.5. The minimum atomic E-state index is 0.473. The van der Waals surface area contributed by atoms with Crippen LogP contribution in [0.2, 0.25) is 0 Å². The maximum atomic E-state index is 9.81. The first-order chi connectivity index (χ1) is 7.24. The molecule has 1 aliphatic rings. The lowest BCUT2D eigenvalue weighted by molar-refractivity contribution is 0.418. The first-order valence-electron chi connectivity index (χ1n) is 5.72. The highest BCUT2D eigenvalue weighted by molar-refractivity contribution is 5.43. The van der Waals surface area contributed by atoms with Crippen molar-refractivity contribution in [2.75, 3.05) is 7.05 Å². The highest BCUT2D eigenvalue weighted by Gasteiger charge is 2.25. The van der Waals surface area contributed by atoms with E-state index < -0.39 is 0 Å². The lowest BCUT2D eigenvalue weighted by atomic mass is 9.79. The molecule has 2 rings (SSSR count). The Morgan fingerprint density at radius 3 is 3.00 bits per heavy atom. The van der Waals surface area contributed by atoms with Crippen LogP contribution in [0.5, 0.6) is 5.75 Å². The van der Waals surface area contributed by atoms with Crippen LogP contribution in [0, 0.1) is 0 Å². The van der Waals surface area contributed by atoms with Gasteiger partial charge >= 0.3 is 0 Å². The third-order valence-electron chi connectivity index (χ3n) is 3.59. The molecule has 0 amide bonds. The Kier molecular flexibility index (Phi) is 2.96. The van der Waals surface area contributed by atoms with Crippen molar-refractivity contribution in [2.24, 2.45) is 0 Å². The van der Waals surface area contributed by atoms with Crippen LogP contribution in [-0.2, 0) is 6.42 Å². The molecule has 0 bridgehead atoms. The Bertz CT molecular complexity index is 348. The fourth-order valence-electron chi connectivity index (χ4n) is 2.59. The molecule has 0 fully saturated rings. The molecular formula is C13H19NO. The number of aromatic hydroxyl groups is 1. The van der Waals surface area contributed by atoms with Crippen LogP contribution in [0.1, 0.15) is 36.8 Å². The van der Waals surface area contributed by atoms with E-state index in [-0.39, 0.29) is 0 Å². The van der Waals surface area contributed by atoms with Gasteiger partial charge in [-0.15, -0.1) is 0 Å². The zero-order chi connectivity index (χ0) is 10.8. The zero-order valence-electron chi connectivity index (χ0n) is 9.46. The van der Waals surface area contributed by atoms with Gasteiger partial charge in [-0.3, -0.25) is 0 Å². The minimum absolute atomic E-state index is 0.473. The fourth-order valence-corrected chi connectivity index (χ4v) is 2.59. The Hall–Kier alpha value is -1.02. The van der Waals surface area contributed by atoms with Crippen LogP contribution < -0.4 is 5.32 Å². The molecule has 0 saturated heterocycles. The van der Waals surface area contributed by atoms with Gasteiger partial charge in [0.1, 0.15) is 5.75 Å². The smallest absolute Gasteiger partial charge is 0.119 e. The van der Waals surface area contributed by atoms with Gasteiger partial charge in [-0.05, 0) is 56.3 Å². The van der Waals surface area contributed by atoms with Gasteiger partial charge in [-0.2, -0.15) is 0 Å². The van der Waals surface area contributed by atoms with Gasteiger partial charge in [0.15, 0.2) is 0 Å². The number of hydrogen-bond acceptors (Lipinski definition) is 2. The molecule has 2 atom stereocenters. The van der Waals surface area contributed by atoms with Crippen molar-refractivity contribution in [3.05, 3.63) is 29.3 Å². The van der Waals surface area contributed by atoms with Crippen LogP contribution in [0.4, 0.5) is 0 Å². The van der Waals surface area contributed by atoms with E-state index in [1.807, 2.05) is 13.1 Å². The lowest BCUT2D eigenvalue weighted by Gasteiger charge is -2.30. The van der Waals surface area contributed by atoms with Gasteiger partial charge < -0.3 is 10.4 Å². The molecule has 1 aromatic rings. The second-order valence-electron chi connectivity index (χ2n) is 4.42. The summed E-state index contributed by atoms with van der Waals surface area (Å²) in [7, 11) is 2.00. The van der Waals surface area contributed by atoms with E-state index in [2.05, 4.69) is 18.3 Å². The molecule has 2 N–H and O–H groups in total. The summed E-state index contributed by atoms with van der Waals surface area (Å²) in [5, 5.41) is 13.1. The standard InChI is InChI=1S/C13H19NO/c1-9(14-2)10-5-3-7-12-11(10)6-4-8-13(12)15/h4,6,8-10,14-15H,3,5,7H2,1-2H3. The van der Waals surface area contributed by atoms with E-state index in [9.17, 15) is 5.11 Å². The fraction of sp³-hybridized carbons (Fsp3) is 0.538. The predicted molar refractivity (Wildman–Crippen MR) is 62.3 cm³/mol. The number of hydrogen-bond donors (Lipinski definition) is 2. The van der Waals surface area contributed by atoms with Gasteiger partial charge in [-0.25, -0.2) is 0 Å². The van der Waals surface area contributed by atoms with E-state index >= 15 is 0 Å². The molecule has 15 heavy (non-hydrogen) atoms. The quantitative estimate of drug-likeness (QED) is 0.777. The van der Waals surface area contributed by atoms with Gasteiger partial charge in [-0.1, -0.05) is 12.1 Å². The molecule has 1 aliphatic carbocycles. The number of phenolic OH excluding ortho intramolecular Hbond substituents is 1. The maximum Gasteiger partial charge on any atom is 0.119 e. The molecule has 0 aromatic heterocycles. The normalized spacial score (nSPS) is 22.1. The number of rotatable bonds is 2. The van der Waals surface area contributed by atoms with Crippen molar-refractivity contribution in [3.63, 3.8) is 0 Å². The van der Waals surface area contributed by atoms with Crippen molar-refractivity contribution in [3.8, 4) is 5.75 Å². The molecule has 0 saturated carbocycles. The Morgan fingerprint density at radius 2 is 2.27 bits per heavy atom. The summed E-state index contributed by atoms with van der Waals surface area (Å²) in [5.74, 6) is 1.02. The number of phenols is 1. The molecule has 0 radical (unpaired) electrons. The molecule has 1 aromatic carbocycles. The van der Waals surface area contributed by atoms with Gasteiger partial charge in [0.2, 0.25) is 0 Å². The molecular weight excluding hydrogens is 186 g/mol. The summed E-state index contributed by atoms with van der Waals surface area (Å²) in [4.78, 5) is 0.